The maximum absolute atomic E-state index is 11.0. The van der Waals surface area contributed by atoms with E-state index in [2.05, 4.69) is 47.4 Å². The molecule has 4 heteroatoms. The van der Waals surface area contributed by atoms with Crippen molar-refractivity contribution in [2.24, 2.45) is 11.8 Å². The van der Waals surface area contributed by atoms with Crippen LogP contribution >= 0.6 is 11.3 Å². The number of thiazole rings is 1. The molecule has 31 heavy (non-hydrogen) atoms. The summed E-state index contributed by atoms with van der Waals surface area (Å²) >= 11 is 1.67. The fourth-order valence-electron chi connectivity index (χ4n) is 5.99. The highest BCUT2D eigenvalue weighted by Crippen LogP contribution is 2.61. The molecule has 2 fully saturated rings. The highest BCUT2D eigenvalue weighted by atomic mass is 32.1. The number of hydrogen-bond donors (Lipinski definition) is 1. The van der Waals surface area contributed by atoms with Gasteiger partial charge in [0.25, 0.3) is 0 Å². The molecule has 2 aliphatic carbocycles. The number of benzene rings is 3. The fourth-order valence-corrected chi connectivity index (χ4v) is 6.87. The minimum Gasteiger partial charge on any atom is -0.508 e. The van der Waals surface area contributed by atoms with E-state index in [0.717, 1.165) is 34.2 Å². The lowest BCUT2D eigenvalue weighted by Gasteiger charge is -2.39. The molecule has 1 N–H and O–H groups in total. The van der Waals surface area contributed by atoms with Crippen molar-refractivity contribution in [3.8, 4) is 11.5 Å². The average Bonchev–Trinajstić information content (AvgIpc) is 3.53. The SMILES string of the molecule is Oc1ccc(OCc2nc3ccccc3s2)cc1C1(c2ccccc2)CC2CCC1C2. The Kier molecular flexibility index (Phi) is 4.50. The van der Waals surface area contributed by atoms with Gasteiger partial charge < -0.3 is 9.84 Å². The summed E-state index contributed by atoms with van der Waals surface area (Å²) in [6.45, 7) is 0.438. The van der Waals surface area contributed by atoms with E-state index in [-0.39, 0.29) is 5.41 Å². The van der Waals surface area contributed by atoms with E-state index in [1.165, 1.54) is 29.5 Å². The molecule has 0 radical (unpaired) electrons. The number of aromatic nitrogens is 1. The van der Waals surface area contributed by atoms with Crippen molar-refractivity contribution in [2.75, 3.05) is 0 Å². The molecule has 2 aliphatic rings. The van der Waals surface area contributed by atoms with Crippen molar-refractivity contribution in [1.29, 1.82) is 0 Å². The van der Waals surface area contributed by atoms with E-state index in [4.69, 9.17) is 4.74 Å². The second kappa shape index (κ2) is 7.38. The Morgan fingerprint density at radius 3 is 2.61 bits per heavy atom. The van der Waals surface area contributed by atoms with Gasteiger partial charge in [-0.05, 0) is 67.0 Å². The van der Waals surface area contributed by atoms with Crippen LogP contribution in [0.5, 0.6) is 11.5 Å². The maximum atomic E-state index is 11.0. The summed E-state index contributed by atoms with van der Waals surface area (Å²) in [6.07, 6.45) is 4.91. The average molecular weight is 428 g/mol. The molecule has 1 heterocycles. The minimum absolute atomic E-state index is 0.122. The number of phenols is 1. The van der Waals surface area contributed by atoms with Crippen molar-refractivity contribution in [1.82, 2.24) is 4.98 Å². The number of fused-ring (bicyclic) bond motifs is 3. The molecule has 2 saturated carbocycles. The number of ether oxygens (including phenoxy) is 1. The molecule has 0 spiro atoms. The van der Waals surface area contributed by atoms with Crippen molar-refractivity contribution >= 4 is 21.6 Å². The highest BCUT2D eigenvalue weighted by molar-refractivity contribution is 7.18. The van der Waals surface area contributed by atoms with Gasteiger partial charge in [0.05, 0.1) is 10.2 Å². The van der Waals surface area contributed by atoms with Gasteiger partial charge in [-0.1, -0.05) is 48.9 Å². The summed E-state index contributed by atoms with van der Waals surface area (Å²) < 4.78 is 7.35. The van der Waals surface area contributed by atoms with E-state index in [9.17, 15) is 5.11 Å². The van der Waals surface area contributed by atoms with E-state index in [0.29, 0.717) is 18.3 Å². The number of para-hydroxylation sites is 1. The summed E-state index contributed by atoms with van der Waals surface area (Å²) in [7, 11) is 0. The molecule has 3 nitrogen and oxygen atoms in total. The Balaban J connectivity index is 1.35. The molecule has 156 valence electrons. The lowest BCUT2D eigenvalue weighted by Crippen LogP contribution is -2.34. The highest BCUT2D eigenvalue weighted by Gasteiger charge is 2.53. The van der Waals surface area contributed by atoms with Crippen molar-refractivity contribution in [3.63, 3.8) is 0 Å². The largest absolute Gasteiger partial charge is 0.508 e. The van der Waals surface area contributed by atoms with Crippen LogP contribution in [0.3, 0.4) is 0 Å². The summed E-state index contributed by atoms with van der Waals surface area (Å²) in [6, 6.07) is 24.7. The maximum Gasteiger partial charge on any atom is 0.140 e. The molecule has 4 aromatic rings. The molecule has 3 atom stereocenters. The van der Waals surface area contributed by atoms with Crippen molar-refractivity contribution < 1.29 is 9.84 Å². The van der Waals surface area contributed by atoms with Gasteiger partial charge in [0.2, 0.25) is 0 Å². The molecule has 3 unspecified atom stereocenters. The first kappa shape index (κ1) is 18.9. The lowest BCUT2D eigenvalue weighted by molar-refractivity contribution is 0.293. The first-order valence-electron chi connectivity index (χ1n) is 11.1. The van der Waals surface area contributed by atoms with E-state index in [1.807, 2.05) is 24.3 Å². The van der Waals surface area contributed by atoms with Crippen LogP contribution in [-0.4, -0.2) is 10.1 Å². The second-order valence-electron chi connectivity index (χ2n) is 8.96. The summed E-state index contributed by atoms with van der Waals surface area (Å²) in [5.74, 6) is 2.50. The van der Waals surface area contributed by atoms with E-state index >= 15 is 0 Å². The molecule has 0 amide bonds. The van der Waals surface area contributed by atoms with Crippen LogP contribution in [0.2, 0.25) is 0 Å². The van der Waals surface area contributed by atoms with Crippen LogP contribution in [0.4, 0.5) is 0 Å². The zero-order chi connectivity index (χ0) is 20.8. The van der Waals surface area contributed by atoms with Gasteiger partial charge in [-0.2, -0.15) is 0 Å². The van der Waals surface area contributed by atoms with Crippen LogP contribution < -0.4 is 4.74 Å². The Labute approximate surface area is 186 Å². The van der Waals surface area contributed by atoms with Crippen molar-refractivity contribution in [3.05, 3.63) is 88.9 Å². The number of phenolic OH excluding ortho intramolecular Hbond substituents is 1. The number of hydrogen-bond acceptors (Lipinski definition) is 4. The predicted octanol–water partition coefficient (Wildman–Crippen LogP) is 6.69. The third-order valence-corrected chi connectivity index (χ3v) is 8.30. The first-order valence-corrected chi connectivity index (χ1v) is 11.9. The Morgan fingerprint density at radius 1 is 1.00 bits per heavy atom. The van der Waals surface area contributed by atoms with Crippen LogP contribution in [-0.2, 0) is 12.0 Å². The smallest absolute Gasteiger partial charge is 0.140 e. The van der Waals surface area contributed by atoms with Gasteiger partial charge in [0.1, 0.15) is 23.1 Å². The zero-order valence-corrected chi connectivity index (χ0v) is 18.1. The molecule has 1 aromatic heterocycles. The van der Waals surface area contributed by atoms with Gasteiger partial charge in [0.15, 0.2) is 0 Å². The zero-order valence-electron chi connectivity index (χ0n) is 17.3. The van der Waals surface area contributed by atoms with Gasteiger partial charge in [0, 0.05) is 11.0 Å². The minimum atomic E-state index is -0.122. The normalized spacial score (nSPS) is 24.6. The van der Waals surface area contributed by atoms with Crippen LogP contribution in [0.15, 0.2) is 72.8 Å². The fraction of sp³-hybridized carbons (Fsp3) is 0.296. The first-order chi connectivity index (χ1) is 15.2. The monoisotopic (exact) mass is 427 g/mol. The second-order valence-corrected chi connectivity index (χ2v) is 10.1. The van der Waals surface area contributed by atoms with Gasteiger partial charge >= 0.3 is 0 Å². The number of nitrogens with zero attached hydrogens (tertiary/aromatic N) is 1. The lowest BCUT2D eigenvalue weighted by atomic mass is 9.64. The molecule has 0 saturated heterocycles. The topological polar surface area (TPSA) is 42.4 Å². The summed E-state index contributed by atoms with van der Waals surface area (Å²) in [4.78, 5) is 4.68. The Hall–Kier alpha value is -2.85. The van der Waals surface area contributed by atoms with Crippen LogP contribution in [0.1, 0.15) is 41.8 Å². The standard InChI is InChI=1S/C27H25NO2S/c29-24-13-12-21(30-17-26-28-23-8-4-5-9-25(23)31-26)15-22(24)27(19-6-2-1-3-7-19)16-18-10-11-20(27)14-18/h1-9,12-13,15,18,20,29H,10-11,14,16-17H2. The number of aromatic hydroxyl groups is 1. The third kappa shape index (κ3) is 3.12. The third-order valence-electron chi connectivity index (χ3n) is 7.29. The van der Waals surface area contributed by atoms with E-state index < -0.39 is 0 Å². The Morgan fingerprint density at radius 2 is 1.84 bits per heavy atom. The van der Waals surface area contributed by atoms with Crippen LogP contribution in [0.25, 0.3) is 10.2 Å². The molecule has 3 aromatic carbocycles. The van der Waals surface area contributed by atoms with Gasteiger partial charge in [-0.15, -0.1) is 11.3 Å². The van der Waals surface area contributed by atoms with Crippen LogP contribution in [0, 0.1) is 11.8 Å². The van der Waals surface area contributed by atoms with Gasteiger partial charge in [-0.3, -0.25) is 0 Å². The van der Waals surface area contributed by atoms with Gasteiger partial charge in [-0.25, -0.2) is 4.98 Å². The molecular formula is C27H25NO2S. The molecule has 6 rings (SSSR count). The molecule has 2 bridgehead atoms. The summed E-state index contributed by atoms with van der Waals surface area (Å²) in [5, 5.41) is 11.9. The van der Waals surface area contributed by atoms with E-state index in [1.54, 1.807) is 17.4 Å². The number of rotatable bonds is 5. The predicted molar refractivity (Wildman–Crippen MR) is 125 cm³/mol. The molecular weight excluding hydrogens is 402 g/mol. The Bertz CT molecular complexity index is 1200. The molecule has 0 aliphatic heterocycles. The summed E-state index contributed by atoms with van der Waals surface area (Å²) in [5.41, 5.74) is 3.24. The quantitative estimate of drug-likeness (QED) is 0.386. The van der Waals surface area contributed by atoms with Crippen molar-refractivity contribution in [2.45, 2.75) is 37.7 Å².